The molecule has 112 valence electrons. The van der Waals surface area contributed by atoms with Crippen molar-refractivity contribution in [3.63, 3.8) is 0 Å². The van der Waals surface area contributed by atoms with Gasteiger partial charge in [0.15, 0.2) is 0 Å². The molecule has 2 rings (SSSR count). The zero-order valence-corrected chi connectivity index (χ0v) is 12.7. The summed E-state index contributed by atoms with van der Waals surface area (Å²) in [6.45, 7) is 5.63. The largest absolute Gasteiger partial charge is 0.467 e. The Morgan fingerprint density at radius 3 is 2.57 bits per heavy atom. The normalized spacial score (nSPS) is 13.0. The van der Waals surface area contributed by atoms with Crippen molar-refractivity contribution in [2.45, 2.75) is 26.8 Å². The molecule has 1 heterocycles. The third kappa shape index (κ3) is 3.24. The van der Waals surface area contributed by atoms with Crippen LogP contribution in [0.15, 0.2) is 30.5 Å². The van der Waals surface area contributed by atoms with E-state index < -0.39 is 17.4 Å². The molecule has 5 heteroatoms. The van der Waals surface area contributed by atoms with E-state index in [2.05, 4.69) is 10.3 Å². The molecule has 0 radical (unpaired) electrons. The van der Waals surface area contributed by atoms with Crippen molar-refractivity contribution in [1.82, 2.24) is 10.3 Å². The van der Waals surface area contributed by atoms with Gasteiger partial charge in [-0.2, -0.15) is 0 Å². The van der Waals surface area contributed by atoms with Crippen LogP contribution in [0.5, 0.6) is 0 Å². The van der Waals surface area contributed by atoms with Gasteiger partial charge in [0.2, 0.25) is 0 Å². The monoisotopic (exact) mass is 288 g/mol. The van der Waals surface area contributed by atoms with Crippen LogP contribution in [-0.4, -0.2) is 30.0 Å². The lowest BCUT2D eigenvalue weighted by molar-refractivity contribution is -0.145. The molecule has 0 bridgehead atoms. The lowest BCUT2D eigenvalue weighted by atomic mass is 9.86. The zero-order chi connectivity index (χ0) is 15.6. The fourth-order valence-corrected chi connectivity index (χ4v) is 2.15. The average molecular weight is 288 g/mol. The van der Waals surface area contributed by atoms with Crippen molar-refractivity contribution >= 4 is 22.8 Å². The molecule has 0 fully saturated rings. The van der Waals surface area contributed by atoms with Crippen molar-refractivity contribution in [2.24, 2.45) is 5.41 Å². The summed E-state index contributed by atoms with van der Waals surface area (Å²) in [7, 11) is 1.32. The van der Waals surface area contributed by atoms with Gasteiger partial charge in [-0.05, 0) is 29.0 Å². The standard InChI is InChI=1S/C16H20N2O3/c1-16(2,3)13(15(20)21-4)18-14(19)11-6-5-10-7-8-17-12(10)9-11/h5-9,13,17H,1-4H3,(H,18,19). The third-order valence-corrected chi connectivity index (χ3v) is 3.40. The molecule has 1 aromatic carbocycles. The van der Waals surface area contributed by atoms with Gasteiger partial charge in [0, 0.05) is 17.3 Å². The number of benzene rings is 1. The van der Waals surface area contributed by atoms with Gasteiger partial charge >= 0.3 is 5.97 Å². The van der Waals surface area contributed by atoms with E-state index >= 15 is 0 Å². The Morgan fingerprint density at radius 1 is 1.24 bits per heavy atom. The van der Waals surface area contributed by atoms with E-state index in [1.165, 1.54) is 7.11 Å². The van der Waals surface area contributed by atoms with Crippen LogP contribution in [0, 0.1) is 5.41 Å². The number of nitrogens with one attached hydrogen (secondary N) is 2. The highest BCUT2D eigenvalue weighted by atomic mass is 16.5. The van der Waals surface area contributed by atoms with Gasteiger partial charge in [0.1, 0.15) is 6.04 Å². The smallest absolute Gasteiger partial charge is 0.328 e. The number of carbonyl (C=O) groups excluding carboxylic acids is 2. The van der Waals surface area contributed by atoms with Crippen LogP contribution in [0.1, 0.15) is 31.1 Å². The minimum Gasteiger partial charge on any atom is -0.467 e. The first-order chi connectivity index (χ1) is 9.82. The Morgan fingerprint density at radius 2 is 1.95 bits per heavy atom. The van der Waals surface area contributed by atoms with E-state index in [-0.39, 0.29) is 5.91 Å². The highest BCUT2D eigenvalue weighted by Crippen LogP contribution is 2.21. The summed E-state index contributed by atoms with van der Waals surface area (Å²) >= 11 is 0. The summed E-state index contributed by atoms with van der Waals surface area (Å²) in [6.07, 6.45) is 1.82. The first kappa shape index (κ1) is 15.1. The molecule has 0 saturated carbocycles. The number of hydrogen-bond acceptors (Lipinski definition) is 3. The number of methoxy groups -OCH3 is 1. The Hall–Kier alpha value is -2.30. The van der Waals surface area contributed by atoms with Crippen LogP contribution < -0.4 is 5.32 Å². The van der Waals surface area contributed by atoms with Crippen molar-refractivity contribution in [2.75, 3.05) is 7.11 Å². The number of H-pyrrole nitrogens is 1. The number of ether oxygens (including phenoxy) is 1. The lowest BCUT2D eigenvalue weighted by Gasteiger charge is -2.29. The number of fused-ring (bicyclic) bond motifs is 1. The van der Waals surface area contributed by atoms with Crippen LogP contribution in [0.25, 0.3) is 10.9 Å². The molecule has 1 aromatic heterocycles. The van der Waals surface area contributed by atoms with Crippen molar-refractivity contribution in [1.29, 1.82) is 0 Å². The summed E-state index contributed by atoms with van der Waals surface area (Å²) in [6, 6.07) is 6.60. The molecule has 2 N–H and O–H groups in total. The van der Waals surface area contributed by atoms with Crippen LogP contribution in [0.2, 0.25) is 0 Å². The Balaban J connectivity index is 2.23. The first-order valence-corrected chi connectivity index (χ1v) is 6.79. The number of amides is 1. The van der Waals surface area contributed by atoms with Crippen LogP contribution in [-0.2, 0) is 9.53 Å². The molecule has 21 heavy (non-hydrogen) atoms. The van der Waals surface area contributed by atoms with E-state index in [0.29, 0.717) is 5.56 Å². The quantitative estimate of drug-likeness (QED) is 0.852. The van der Waals surface area contributed by atoms with Crippen molar-refractivity contribution in [3.8, 4) is 0 Å². The zero-order valence-electron chi connectivity index (χ0n) is 12.7. The van der Waals surface area contributed by atoms with Gasteiger partial charge in [0.25, 0.3) is 5.91 Å². The van der Waals surface area contributed by atoms with Crippen molar-refractivity contribution < 1.29 is 14.3 Å². The molecule has 1 atom stereocenters. The maximum atomic E-state index is 12.4. The predicted molar refractivity (Wildman–Crippen MR) is 81.0 cm³/mol. The van der Waals surface area contributed by atoms with E-state index in [4.69, 9.17) is 4.74 Å². The SMILES string of the molecule is COC(=O)C(NC(=O)c1ccc2cc[nH]c2c1)C(C)(C)C. The summed E-state index contributed by atoms with van der Waals surface area (Å²) in [4.78, 5) is 27.3. The summed E-state index contributed by atoms with van der Waals surface area (Å²) in [5.41, 5.74) is 0.954. The van der Waals surface area contributed by atoms with Crippen molar-refractivity contribution in [3.05, 3.63) is 36.0 Å². The van der Waals surface area contributed by atoms with Crippen LogP contribution in [0.3, 0.4) is 0 Å². The van der Waals surface area contributed by atoms with Crippen LogP contribution in [0.4, 0.5) is 0 Å². The number of esters is 1. The van der Waals surface area contributed by atoms with Crippen LogP contribution >= 0.6 is 0 Å². The highest BCUT2D eigenvalue weighted by Gasteiger charge is 2.33. The number of rotatable bonds is 3. The van der Waals surface area contributed by atoms with Gasteiger partial charge in [-0.1, -0.05) is 26.8 Å². The summed E-state index contributed by atoms with van der Waals surface area (Å²) in [5, 5.41) is 3.79. The molecule has 2 aromatic rings. The molecular formula is C16H20N2O3. The molecule has 0 aliphatic carbocycles. The second-order valence-electron chi connectivity index (χ2n) is 6.08. The van der Waals surface area contributed by atoms with Gasteiger partial charge < -0.3 is 15.0 Å². The van der Waals surface area contributed by atoms with Gasteiger partial charge in [-0.15, -0.1) is 0 Å². The lowest BCUT2D eigenvalue weighted by Crippen LogP contribution is -2.49. The van der Waals surface area contributed by atoms with E-state index in [0.717, 1.165) is 10.9 Å². The summed E-state index contributed by atoms with van der Waals surface area (Å²) < 4.78 is 4.77. The Labute approximate surface area is 123 Å². The van der Waals surface area contributed by atoms with Gasteiger partial charge in [-0.3, -0.25) is 4.79 Å². The first-order valence-electron chi connectivity index (χ1n) is 6.79. The number of carbonyl (C=O) groups is 2. The molecule has 0 spiro atoms. The van der Waals surface area contributed by atoms with Gasteiger partial charge in [0.05, 0.1) is 7.11 Å². The number of hydrogen-bond donors (Lipinski definition) is 2. The second kappa shape index (κ2) is 5.60. The number of aromatic nitrogens is 1. The summed E-state index contributed by atoms with van der Waals surface area (Å²) in [5.74, 6) is -0.742. The Bertz CT molecular complexity index is 667. The molecule has 5 nitrogen and oxygen atoms in total. The molecular weight excluding hydrogens is 268 g/mol. The Kier molecular flexibility index (Phi) is 4.02. The minimum absolute atomic E-state index is 0.295. The minimum atomic E-state index is -0.700. The molecule has 0 aliphatic rings. The van der Waals surface area contributed by atoms with E-state index in [1.807, 2.05) is 39.1 Å². The average Bonchev–Trinajstić information content (AvgIpc) is 2.89. The van der Waals surface area contributed by atoms with E-state index in [1.54, 1.807) is 12.1 Å². The second-order valence-corrected chi connectivity index (χ2v) is 6.08. The molecule has 0 aliphatic heterocycles. The highest BCUT2D eigenvalue weighted by molar-refractivity contribution is 5.99. The number of aromatic amines is 1. The predicted octanol–water partition coefficient (Wildman–Crippen LogP) is 2.49. The maximum Gasteiger partial charge on any atom is 0.328 e. The fourth-order valence-electron chi connectivity index (χ4n) is 2.15. The molecule has 0 saturated heterocycles. The topological polar surface area (TPSA) is 71.2 Å². The molecule has 1 unspecified atom stereocenters. The molecule has 1 amide bonds. The third-order valence-electron chi connectivity index (χ3n) is 3.40. The maximum absolute atomic E-state index is 12.4. The fraction of sp³-hybridized carbons (Fsp3) is 0.375. The van der Waals surface area contributed by atoms with Gasteiger partial charge in [-0.25, -0.2) is 4.79 Å². The van der Waals surface area contributed by atoms with E-state index in [9.17, 15) is 9.59 Å².